The van der Waals surface area contributed by atoms with Crippen LogP contribution in [-0.4, -0.2) is 22.9 Å². The minimum Gasteiger partial charge on any atom is -0.319 e. The van der Waals surface area contributed by atoms with Gasteiger partial charge in [0.05, 0.1) is 6.04 Å². The fourth-order valence-electron chi connectivity index (χ4n) is 2.37. The Labute approximate surface area is 95.4 Å². The van der Waals surface area contributed by atoms with Crippen molar-refractivity contribution in [3.63, 3.8) is 0 Å². The Kier molecular flexibility index (Phi) is 2.21. The lowest BCUT2D eigenvalue weighted by atomic mass is 10.1. The minimum absolute atomic E-state index is 0.0502. The second kappa shape index (κ2) is 3.59. The molecule has 2 fully saturated rings. The summed E-state index contributed by atoms with van der Waals surface area (Å²) in [7, 11) is 0. The van der Waals surface area contributed by atoms with Gasteiger partial charge in [-0.05, 0) is 25.3 Å². The van der Waals surface area contributed by atoms with Gasteiger partial charge in [-0.1, -0.05) is 30.3 Å². The highest BCUT2D eigenvalue weighted by Gasteiger charge is 2.44. The van der Waals surface area contributed by atoms with Crippen molar-refractivity contribution in [2.24, 2.45) is 0 Å². The second-order valence-corrected chi connectivity index (χ2v) is 4.68. The number of nitrogens with zero attached hydrogens (tertiary/aromatic N) is 1. The van der Waals surface area contributed by atoms with Crippen molar-refractivity contribution in [1.82, 2.24) is 10.2 Å². The average Bonchev–Trinajstić information content (AvgIpc) is 3.09. The Morgan fingerprint density at radius 3 is 2.56 bits per heavy atom. The van der Waals surface area contributed by atoms with E-state index >= 15 is 0 Å². The van der Waals surface area contributed by atoms with Gasteiger partial charge in [0.25, 0.3) is 0 Å². The molecule has 0 aromatic heterocycles. The largest absolute Gasteiger partial charge is 0.319 e. The molecular weight excluding hydrogens is 200 g/mol. The SMILES string of the molecule is CC1NC(c2ccccc2)N(C2CC2)C1=O. The maximum atomic E-state index is 12.0. The zero-order valence-electron chi connectivity index (χ0n) is 9.39. The van der Waals surface area contributed by atoms with Crippen LogP contribution in [0, 0.1) is 0 Å². The number of nitrogens with one attached hydrogen (secondary N) is 1. The van der Waals surface area contributed by atoms with Gasteiger partial charge in [-0.2, -0.15) is 0 Å². The van der Waals surface area contributed by atoms with E-state index in [-0.39, 0.29) is 18.1 Å². The number of carbonyl (C=O) groups excluding carboxylic acids is 1. The molecule has 1 aliphatic heterocycles. The molecule has 0 bridgehead atoms. The highest BCUT2D eigenvalue weighted by molar-refractivity contribution is 5.84. The third kappa shape index (κ3) is 1.52. The van der Waals surface area contributed by atoms with Gasteiger partial charge in [0.15, 0.2) is 0 Å². The van der Waals surface area contributed by atoms with E-state index in [1.165, 1.54) is 5.56 Å². The topological polar surface area (TPSA) is 32.3 Å². The van der Waals surface area contributed by atoms with Crippen LogP contribution in [0.25, 0.3) is 0 Å². The molecule has 1 saturated carbocycles. The number of carbonyl (C=O) groups is 1. The van der Waals surface area contributed by atoms with Crippen LogP contribution < -0.4 is 5.32 Å². The van der Waals surface area contributed by atoms with Gasteiger partial charge in [-0.25, -0.2) is 0 Å². The molecule has 2 atom stereocenters. The molecule has 3 heteroatoms. The first-order valence-corrected chi connectivity index (χ1v) is 5.90. The summed E-state index contributed by atoms with van der Waals surface area (Å²) < 4.78 is 0. The molecule has 3 rings (SSSR count). The number of hydrogen-bond acceptors (Lipinski definition) is 2. The van der Waals surface area contributed by atoms with Crippen LogP contribution in [-0.2, 0) is 4.79 Å². The van der Waals surface area contributed by atoms with Crippen LogP contribution in [0.4, 0.5) is 0 Å². The molecule has 16 heavy (non-hydrogen) atoms. The number of amides is 1. The van der Waals surface area contributed by atoms with Crippen LogP contribution in [0.1, 0.15) is 31.5 Å². The summed E-state index contributed by atoms with van der Waals surface area (Å²) in [5.74, 6) is 0.247. The lowest BCUT2D eigenvalue weighted by Gasteiger charge is -2.24. The molecule has 2 unspecified atom stereocenters. The predicted octanol–water partition coefficient (Wildman–Crippen LogP) is 1.67. The normalized spacial score (nSPS) is 29.8. The first kappa shape index (κ1) is 9.85. The highest BCUT2D eigenvalue weighted by atomic mass is 16.2. The van der Waals surface area contributed by atoms with Crippen LogP contribution in [0.3, 0.4) is 0 Å². The van der Waals surface area contributed by atoms with Crippen molar-refractivity contribution in [2.45, 2.75) is 38.0 Å². The van der Waals surface area contributed by atoms with E-state index in [9.17, 15) is 4.79 Å². The molecule has 0 spiro atoms. The van der Waals surface area contributed by atoms with Gasteiger partial charge in [0.2, 0.25) is 5.91 Å². The smallest absolute Gasteiger partial charge is 0.241 e. The van der Waals surface area contributed by atoms with E-state index in [1.54, 1.807) is 0 Å². The van der Waals surface area contributed by atoms with E-state index in [0.717, 1.165) is 12.8 Å². The highest BCUT2D eigenvalue weighted by Crippen LogP contribution is 2.36. The van der Waals surface area contributed by atoms with Gasteiger partial charge in [-0.3, -0.25) is 10.1 Å². The lowest BCUT2D eigenvalue weighted by molar-refractivity contribution is -0.130. The summed E-state index contributed by atoms with van der Waals surface area (Å²) in [4.78, 5) is 14.1. The third-order valence-corrected chi connectivity index (χ3v) is 3.37. The van der Waals surface area contributed by atoms with Crippen molar-refractivity contribution >= 4 is 5.91 Å². The van der Waals surface area contributed by atoms with E-state index in [4.69, 9.17) is 0 Å². The first-order valence-electron chi connectivity index (χ1n) is 5.90. The molecular formula is C13H16N2O. The summed E-state index contributed by atoms with van der Waals surface area (Å²) in [5, 5.41) is 3.37. The number of hydrogen-bond donors (Lipinski definition) is 1. The Morgan fingerprint density at radius 2 is 1.94 bits per heavy atom. The monoisotopic (exact) mass is 216 g/mol. The zero-order chi connectivity index (χ0) is 11.1. The van der Waals surface area contributed by atoms with E-state index in [2.05, 4.69) is 17.4 Å². The molecule has 1 N–H and O–H groups in total. The summed E-state index contributed by atoms with van der Waals surface area (Å²) in [5.41, 5.74) is 1.19. The summed E-state index contributed by atoms with van der Waals surface area (Å²) >= 11 is 0. The maximum absolute atomic E-state index is 12.0. The van der Waals surface area contributed by atoms with Gasteiger partial charge in [-0.15, -0.1) is 0 Å². The first-order chi connectivity index (χ1) is 7.77. The molecule has 1 aromatic carbocycles. The summed E-state index contributed by atoms with van der Waals surface area (Å²) in [6.07, 6.45) is 2.39. The molecule has 1 heterocycles. The van der Waals surface area contributed by atoms with E-state index in [1.807, 2.05) is 30.0 Å². The summed E-state index contributed by atoms with van der Waals surface area (Å²) in [6, 6.07) is 10.6. The van der Waals surface area contributed by atoms with Gasteiger partial charge >= 0.3 is 0 Å². The van der Waals surface area contributed by atoms with Crippen LogP contribution in [0.15, 0.2) is 30.3 Å². The standard InChI is InChI=1S/C13H16N2O/c1-9-13(16)15(11-7-8-11)12(14-9)10-5-3-2-4-6-10/h2-6,9,11-12,14H,7-8H2,1H3. The molecule has 1 saturated heterocycles. The Hall–Kier alpha value is -1.35. The predicted molar refractivity (Wildman–Crippen MR) is 61.6 cm³/mol. The molecule has 1 amide bonds. The fourth-order valence-corrected chi connectivity index (χ4v) is 2.37. The van der Waals surface area contributed by atoms with Crippen LogP contribution in [0.5, 0.6) is 0 Å². The second-order valence-electron chi connectivity index (χ2n) is 4.68. The Morgan fingerprint density at radius 1 is 1.25 bits per heavy atom. The van der Waals surface area contributed by atoms with E-state index in [0.29, 0.717) is 6.04 Å². The van der Waals surface area contributed by atoms with Crippen LogP contribution >= 0.6 is 0 Å². The quantitative estimate of drug-likeness (QED) is 0.815. The third-order valence-electron chi connectivity index (χ3n) is 3.37. The van der Waals surface area contributed by atoms with Crippen molar-refractivity contribution in [1.29, 1.82) is 0 Å². The van der Waals surface area contributed by atoms with Crippen molar-refractivity contribution in [3.8, 4) is 0 Å². The number of benzene rings is 1. The fraction of sp³-hybridized carbons (Fsp3) is 0.462. The Balaban J connectivity index is 1.91. The van der Waals surface area contributed by atoms with Gasteiger partial charge in [0.1, 0.15) is 6.17 Å². The lowest BCUT2D eigenvalue weighted by Crippen LogP contribution is -2.32. The molecule has 0 radical (unpaired) electrons. The minimum atomic E-state index is -0.0502. The molecule has 3 nitrogen and oxygen atoms in total. The van der Waals surface area contributed by atoms with Crippen molar-refractivity contribution in [3.05, 3.63) is 35.9 Å². The van der Waals surface area contributed by atoms with E-state index < -0.39 is 0 Å². The molecule has 1 aliphatic carbocycles. The van der Waals surface area contributed by atoms with Gasteiger partial charge in [0, 0.05) is 6.04 Å². The molecule has 2 aliphatic rings. The zero-order valence-corrected chi connectivity index (χ0v) is 9.39. The van der Waals surface area contributed by atoms with Gasteiger partial charge < -0.3 is 4.90 Å². The average molecular weight is 216 g/mol. The van der Waals surface area contributed by atoms with Crippen molar-refractivity contribution < 1.29 is 4.79 Å². The Bertz CT molecular complexity index is 400. The van der Waals surface area contributed by atoms with Crippen molar-refractivity contribution in [2.75, 3.05) is 0 Å². The number of rotatable bonds is 2. The molecule has 1 aromatic rings. The summed E-state index contributed by atoms with van der Waals surface area (Å²) in [6.45, 7) is 1.95. The molecule has 84 valence electrons. The van der Waals surface area contributed by atoms with Crippen LogP contribution in [0.2, 0.25) is 0 Å². The maximum Gasteiger partial charge on any atom is 0.241 e.